The highest BCUT2D eigenvalue weighted by atomic mass is 32.1. The standard InChI is InChI=1S/C19H21FN2O2S/c1-21(12-14-6-2-3-8-16(14)20)18(23)15-7-4-10-22(13-15)19(24)17-9-5-11-25-17/h2-3,5-6,8-9,11,15H,4,7,10,12-13H2,1H3. The van der Waals surface area contributed by atoms with Gasteiger partial charge in [0, 0.05) is 32.2 Å². The normalized spacial score (nSPS) is 17.4. The monoisotopic (exact) mass is 360 g/mol. The molecule has 2 aromatic rings. The molecule has 6 heteroatoms. The van der Waals surface area contributed by atoms with Gasteiger partial charge in [0.05, 0.1) is 10.8 Å². The van der Waals surface area contributed by atoms with E-state index in [1.54, 1.807) is 35.0 Å². The Morgan fingerprint density at radius 2 is 2.08 bits per heavy atom. The molecule has 1 saturated heterocycles. The Morgan fingerprint density at radius 1 is 1.28 bits per heavy atom. The zero-order chi connectivity index (χ0) is 17.8. The molecule has 1 aromatic carbocycles. The number of likely N-dealkylation sites (tertiary alicyclic amines) is 1. The van der Waals surface area contributed by atoms with Crippen LogP contribution >= 0.6 is 11.3 Å². The Labute approximate surface area is 150 Å². The minimum atomic E-state index is -0.305. The van der Waals surface area contributed by atoms with Gasteiger partial charge in [-0.25, -0.2) is 4.39 Å². The number of carbonyl (C=O) groups excluding carboxylic acids is 2. The smallest absolute Gasteiger partial charge is 0.263 e. The zero-order valence-corrected chi connectivity index (χ0v) is 15.0. The van der Waals surface area contributed by atoms with Gasteiger partial charge < -0.3 is 9.80 Å². The van der Waals surface area contributed by atoms with Gasteiger partial charge in [-0.2, -0.15) is 0 Å². The average Bonchev–Trinajstić information content (AvgIpc) is 3.17. The summed E-state index contributed by atoms with van der Waals surface area (Å²) < 4.78 is 13.8. The van der Waals surface area contributed by atoms with Crippen LogP contribution in [-0.2, 0) is 11.3 Å². The van der Waals surface area contributed by atoms with Gasteiger partial charge in [0.1, 0.15) is 5.82 Å². The van der Waals surface area contributed by atoms with E-state index in [1.165, 1.54) is 17.4 Å². The lowest BCUT2D eigenvalue weighted by atomic mass is 9.96. The molecule has 132 valence electrons. The molecule has 3 rings (SSSR count). The van der Waals surface area contributed by atoms with E-state index in [-0.39, 0.29) is 30.1 Å². The van der Waals surface area contributed by atoms with Crippen LogP contribution in [0.2, 0.25) is 0 Å². The van der Waals surface area contributed by atoms with Crippen molar-refractivity contribution in [3.63, 3.8) is 0 Å². The Kier molecular flexibility index (Phi) is 5.48. The second-order valence-electron chi connectivity index (χ2n) is 6.35. The van der Waals surface area contributed by atoms with Crippen LogP contribution in [0.25, 0.3) is 0 Å². The van der Waals surface area contributed by atoms with Crippen molar-refractivity contribution in [1.82, 2.24) is 9.80 Å². The lowest BCUT2D eigenvalue weighted by Crippen LogP contribution is -2.45. The van der Waals surface area contributed by atoms with Crippen molar-refractivity contribution in [3.8, 4) is 0 Å². The van der Waals surface area contributed by atoms with Crippen LogP contribution in [0.15, 0.2) is 41.8 Å². The molecule has 0 bridgehead atoms. The second-order valence-corrected chi connectivity index (χ2v) is 7.30. The van der Waals surface area contributed by atoms with Crippen molar-refractivity contribution in [2.75, 3.05) is 20.1 Å². The first-order valence-corrected chi connectivity index (χ1v) is 9.25. The molecule has 1 atom stereocenters. The third kappa shape index (κ3) is 4.07. The number of thiophene rings is 1. The molecule has 1 aromatic heterocycles. The number of benzene rings is 1. The molecule has 2 amide bonds. The number of nitrogens with zero attached hydrogens (tertiary/aromatic N) is 2. The van der Waals surface area contributed by atoms with Crippen LogP contribution < -0.4 is 0 Å². The van der Waals surface area contributed by atoms with Crippen molar-refractivity contribution in [2.24, 2.45) is 5.92 Å². The van der Waals surface area contributed by atoms with E-state index in [0.717, 1.165) is 12.8 Å². The molecule has 0 aliphatic carbocycles. The van der Waals surface area contributed by atoms with E-state index in [4.69, 9.17) is 0 Å². The van der Waals surface area contributed by atoms with Crippen molar-refractivity contribution in [2.45, 2.75) is 19.4 Å². The number of piperidine rings is 1. The van der Waals surface area contributed by atoms with E-state index in [9.17, 15) is 14.0 Å². The third-order valence-corrected chi connectivity index (χ3v) is 5.39. The minimum absolute atomic E-state index is 0.00995. The summed E-state index contributed by atoms with van der Waals surface area (Å²) in [5, 5.41) is 1.88. The second kappa shape index (κ2) is 7.78. The molecule has 1 aliphatic heterocycles. The predicted octanol–water partition coefficient (Wildman–Crippen LogP) is 3.40. The van der Waals surface area contributed by atoms with Crippen LogP contribution in [0.4, 0.5) is 4.39 Å². The highest BCUT2D eigenvalue weighted by molar-refractivity contribution is 7.12. The van der Waals surface area contributed by atoms with E-state index in [0.29, 0.717) is 23.5 Å². The Bertz CT molecular complexity index is 748. The maximum atomic E-state index is 13.8. The highest BCUT2D eigenvalue weighted by Crippen LogP contribution is 2.22. The zero-order valence-electron chi connectivity index (χ0n) is 14.2. The molecule has 2 heterocycles. The van der Waals surface area contributed by atoms with Gasteiger partial charge in [-0.1, -0.05) is 24.3 Å². The summed E-state index contributed by atoms with van der Waals surface area (Å²) in [4.78, 5) is 29.3. The van der Waals surface area contributed by atoms with Crippen LogP contribution in [0, 0.1) is 11.7 Å². The first-order chi connectivity index (χ1) is 12.1. The molecular weight excluding hydrogens is 339 g/mol. The lowest BCUT2D eigenvalue weighted by Gasteiger charge is -2.33. The fourth-order valence-electron chi connectivity index (χ4n) is 3.19. The largest absolute Gasteiger partial charge is 0.341 e. The number of rotatable bonds is 4. The summed E-state index contributed by atoms with van der Waals surface area (Å²) in [6, 6.07) is 10.1. The molecule has 0 N–H and O–H groups in total. The number of carbonyl (C=O) groups is 2. The Morgan fingerprint density at radius 3 is 2.80 bits per heavy atom. The van der Waals surface area contributed by atoms with E-state index in [2.05, 4.69) is 0 Å². The van der Waals surface area contributed by atoms with Crippen LogP contribution in [-0.4, -0.2) is 41.8 Å². The number of halogens is 1. The molecule has 1 aliphatic rings. The van der Waals surface area contributed by atoms with E-state index >= 15 is 0 Å². The van der Waals surface area contributed by atoms with Gasteiger partial charge in [-0.3, -0.25) is 9.59 Å². The van der Waals surface area contributed by atoms with Gasteiger partial charge in [0.2, 0.25) is 5.91 Å². The summed E-state index contributed by atoms with van der Waals surface area (Å²) >= 11 is 1.42. The molecular formula is C19H21FN2O2S. The molecule has 25 heavy (non-hydrogen) atoms. The fourth-order valence-corrected chi connectivity index (χ4v) is 3.88. The number of amides is 2. The molecule has 1 unspecified atom stereocenters. The third-order valence-electron chi connectivity index (χ3n) is 4.53. The van der Waals surface area contributed by atoms with Gasteiger partial charge in [0.15, 0.2) is 0 Å². The summed E-state index contributed by atoms with van der Waals surface area (Å²) in [5.41, 5.74) is 0.501. The summed E-state index contributed by atoms with van der Waals surface area (Å²) in [6.45, 7) is 1.34. The lowest BCUT2D eigenvalue weighted by molar-refractivity contribution is -0.136. The topological polar surface area (TPSA) is 40.6 Å². The van der Waals surface area contributed by atoms with Gasteiger partial charge >= 0.3 is 0 Å². The van der Waals surface area contributed by atoms with E-state index < -0.39 is 0 Å². The first-order valence-electron chi connectivity index (χ1n) is 8.37. The van der Waals surface area contributed by atoms with E-state index in [1.807, 2.05) is 17.5 Å². The van der Waals surface area contributed by atoms with Crippen molar-refractivity contribution >= 4 is 23.2 Å². The SMILES string of the molecule is CN(Cc1ccccc1F)C(=O)C1CCCN(C(=O)c2cccs2)C1. The predicted molar refractivity (Wildman–Crippen MR) is 95.8 cm³/mol. The number of hydrogen-bond donors (Lipinski definition) is 0. The summed E-state index contributed by atoms with van der Waals surface area (Å²) in [7, 11) is 1.69. The summed E-state index contributed by atoms with van der Waals surface area (Å²) in [5.74, 6) is -0.578. The molecule has 0 saturated carbocycles. The van der Waals surface area contributed by atoms with Crippen molar-refractivity contribution in [1.29, 1.82) is 0 Å². The fraction of sp³-hybridized carbons (Fsp3) is 0.368. The van der Waals surface area contributed by atoms with Crippen LogP contribution in [0.1, 0.15) is 28.1 Å². The molecule has 0 radical (unpaired) electrons. The molecule has 4 nitrogen and oxygen atoms in total. The van der Waals surface area contributed by atoms with Crippen LogP contribution in [0.5, 0.6) is 0 Å². The maximum absolute atomic E-state index is 13.8. The minimum Gasteiger partial charge on any atom is -0.341 e. The molecule has 0 spiro atoms. The Balaban J connectivity index is 1.63. The summed E-state index contributed by atoms with van der Waals surface area (Å²) in [6.07, 6.45) is 1.57. The van der Waals surface area contributed by atoms with Crippen molar-refractivity contribution in [3.05, 3.63) is 58.0 Å². The molecule has 1 fully saturated rings. The Hall–Kier alpha value is -2.21. The van der Waals surface area contributed by atoms with Crippen LogP contribution in [0.3, 0.4) is 0 Å². The van der Waals surface area contributed by atoms with Gasteiger partial charge in [0.25, 0.3) is 5.91 Å². The maximum Gasteiger partial charge on any atom is 0.263 e. The first kappa shape index (κ1) is 17.6. The van der Waals surface area contributed by atoms with Gasteiger partial charge in [-0.15, -0.1) is 11.3 Å². The quantitative estimate of drug-likeness (QED) is 0.838. The number of hydrogen-bond acceptors (Lipinski definition) is 3. The van der Waals surface area contributed by atoms with Gasteiger partial charge in [-0.05, 0) is 30.4 Å². The highest BCUT2D eigenvalue weighted by Gasteiger charge is 2.31. The average molecular weight is 360 g/mol. The van der Waals surface area contributed by atoms with Crippen molar-refractivity contribution < 1.29 is 14.0 Å².